The van der Waals surface area contributed by atoms with Crippen LogP contribution in [0.15, 0.2) is 0 Å². The third kappa shape index (κ3) is 5.91. The van der Waals surface area contributed by atoms with E-state index < -0.39 is 6.61 Å². The van der Waals surface area contributed by atoms with E-state index in [-0.39, 0.29) is 12.6 Å². The third-order valence-electron chi connectivity index (χ3n) is 1.26. The SMILES string of the molecule is CC[C@@H](N)CCOC(F)F. The van der Waals surface area contributed by atoms with Gasteiger partial charge in [0.05, 0.1) is 6.61 Å². The molecule has 0 bridgehead atoms. The van der Waals surface area contributed by atoms with Gasteiger partial charge in [0.15, 0.2) is 0 Å². The third-order valence-corrected chi connectivity index (χ3v) is 1.26. The molecule has 4 heteroatoms. The van der Waals surface area contributed by atoms with Crippen LogP contribution in [-0.4, -0.2) is 19.3 Å². The summed E-state index contributed by atoms with van der Waals surface area (Å²) in [5.41, 5.74) is 5.43. The summed E-state index contributed by atoms with van der Waals surface area (Å²) in [5, 5.41) is 0. The maximum absolute atomic E-state index is 11.3. The van der Waals surface area contributed by atoms with Gasteiger partial charge in [-0.1, -0.05) is 6.92 Å². The van der Waals surface area contributed by atoms with E-state index in [1.165, 1.54) is 0 Å². The minimum Gasteiger partial charge on any atom is -0.328 e. The Bertz CT molecular complexity index is 80.1. The van der Waals surface area contributed by atoms with Crippen LogP contribution in [-0.2, 0) is 4.74 Å². The quantitative estimate of drug-likeness (QED) is 0.647. The molecule has 10 heavy (non-hydrogen) atoms. The Morgan fingerprint density at radius 2 is 2.10 bits per heavy atom. The Hall–Kier alpha value is -0.220. The van der Waals surface area contributed by atoms with E-state index in [2.05, 4.69) is 4.74 Å². The number of halogens is 2. The van der Waals surface area contributed by atoms with Crippen LogP contribution in [0.2, 0.25) is 0 Å². The van der Waals surface area contributed by atoms with Gasteiger partial charge in [0, 0.05) is 6.04 Å². The lowest BCUT2D eigenvalue weighted by Crippen LogP contribution is -2.21. The van der Waals surface area contributed by atoms with Crippen molar-refractivity contribution < 1.29 is 13.5 Å². The summed E-state index contributed by atoms with van der Waals surface area (Å²) < 4.78 is 26.7. The van der Waals surface area contributed by atoms with Crippen molar-refractivity contribution in [3.8, 4) is 0 Å². The number of hydrogen-bond acceptors (Lipinski definition) is 2. The summed E-state index contributed by atoms with van der Waals surface area (Å²) in [7, 11) is 0. The zero-order valence-corrected chi connectivity index (χ0v) is 6.02. The summed E-state index contributed by atoms with van der Waals surface area (Å²) in [6, 6.07) is -0.0150. The number of hydrogen-bond donors (Lipinski definition) is 1. The maximum atomic E-state index is 11.3. The monoisotopic (exact) mass is 153 g/mol. The second-order valence-corrected chi connectivity index (χ2v) is 2.09. The van der Waals surface area contributed by atoms with Gasteiger partial charge in [-0.2, -0.15) is 8.78 Å². The Morgan fingerprint density at radius 1 is 1.50 bits per heavy atom. The topological polar surface area (TPSA) is 35.2 Å². The van der Waals surface area contributed by atoms with Gasteiger partial charge in [0.25, 0.3) is 0 Å². The molecule has 0 aliphatic carbocycles. The summed E-state index contributed by atoms with van der Waals surface area (Å²) >= 11 is 0. The molecule has 0 aromatic rings. The van der Waals surface area contributed by atoms with Crippen LogP contribution in [0.25, 0.3) is 0 Å². The van der Waals surface area contributed by atoms with Crippen molar-refractivity contribution in [3.05, 3.63) is 0 Å². The van der Waals surface area contributed by atoms with Gasteiger partial charge in [0.1, 0.15) is 0 Å². The van der Waals surface area contributed by atoms with Crippen molar-refractivity contribution in [3.63, 3.8) is 0 Å². The van der Waals surface area contributed by atoms with Gasteiger partial charge in [-0.15, -0.1) is 0 Å². The van der Waals surface area contributed by atoms with Crippen molar-refractivity contribution in [1.29, 1.82) is 0 Å². The van der Waals surface area contributed by atoms with Crippen molar-refractivity contribution in [1.82, 2.24) is 0 Å². The predicted molar refractivity (Wildman–Crippen MR) is 34.8 cm³/mol. The second kappa shape index (κ2) is 5.56. The number of alkyl halides is 2. The van der Waals surface area contributed by atoms with Crippen LogP contribution in [0, 0.1) is 0 Å². The molecule has 62 valence electrons. The largest absolute Gasteiger partial charge is 0.345 e. The maximum Gasteiger partial charge on any atom is 0.345 e. The fourth-order valence-corrected chi connectivity index (χ4v) is 0.513. The zero-order chi connectivity index (χ0) is 7.98. The molecule has 0 saturated heterocycles. The Balaban J connectivity index is 3.03. The van der Waals surface area contributed by atoms with Crippen LogP contribution in [0.3, 0.4) is 0 Å². The van der Waals surface area contributed by atoms with Gasteiger partial charge >= 0.3 is 6.61 Å². The van der Waals surface area contributed by atoms with Crippen molar-refractivity contribution in [2.45, 2.75) is 32.4 Å². The highest BCUT2D eigenvalue weighted by atomic mass is 19.3. The summed E-state index contributed by atoms with van der Waals surface area (Å²) in [6.45, 7) is -0.705. The van der Waals surface area contributed by atoms with E-state index in [0.717, 1.165) is 6.42 Å². The van der Waals surface area contributed by atoms with Crippen LogP contribution in [0.5, 0.6) is 0 Å². The predicted octanol–water partition coefficient (Wildman–Crippen LogP) is 1.35. The molecule has 0 fully saturated rings. The number of nitrogens with two attached hydrogens (primary N) is 1. The molecule has 0 aromatic heterocycles. The van der Waals surface area contributed by atoms with E-state index in [0.29, 0.717) is 6.42 Å². The summed E-state index contributed by atoms with van der Waals surface area (Å²) in [5.74, 6) is 0. The Morgan fingerprint density at radius 3 is 2.50 bits per heavy atom. The second-order valence-electron chi connectivity index (χ2n) is 2.09. The minimum atomic E-state index is -2.66. The highest BCUT2D eigenvalue weighted by Crippen LogP contribution is 1.98. The molecule has 0 radical (unpaired) electrons. The van der Waals surface area contributed by atoms with Crippen LogP contribution >= 0.6 is 0 Å². The molecule has 0 rings (SSSR count). The highest BCUT2D eigenvalue weighted by molar-refractivity contribution is 4.56. The summed E-state index contributed by atoms with van der Waals surface area (Å²) in [6.07, 6.45) is 1.30. The minimum absolute atomic E-state index is 0.0150. The normalized spacial score (nSPS) is 14.1. The first-order valence-corrected chi connectivity index (χ1v) is 3.32. The van der Waals surface area contributed by atoms with E-state index in [4.69, 9.17) is 5.73 Å². The first kappa shape index (κ1) is 9.78. The molecule has 0 aliphatic rings. The molecule has 0 aromatic carbocycles. The number of rotatable bonds is 5. The van der Waals surface area contributed by atoms with Crippen molar-refractivity contribution in [2.24, 2.45) is 5.73 Å². The van der Waals surface area contributed by atoms with E-state index >= 15 is 0 Å². The van der Waals surface area contributed by atoms with E-state index in [1.54, 1.807) is 0 Å². The molecule has 2 N–H and O–H groups in total. The fraction of sp³-hybridized carbons (Fsp3) is 1.00. The first-order chi connectivity index (χ1) is 4.66. The first-order valence-electron chi connectivity index (χ1n) is 3.32. The molecular weight excluding hydrogens is 140 g/mol. The van der Waals surface area contributed by atoms with Crippen LogP contribution < -0.4 is 5.73 Å². The van der Waals surface area contributed by atoms with E-state index in [1.807, 2.05) is 6.92 Å². The molecule has 0 saturated carbocycles. The lowest BCUT2D eigenvalue weighted by Gasteiger charge is -2.07. The molecule has 0 spiro atoms. The average molecular weight is 153 g/mol. The molecule has 0 unspecified atom stereocenters. The fourth-order valence-electron chi connectivity index (χ4n) is 0.513. The van der Waals surface area contributed by atoms with Crippen molar-refractivity contribution in [2.75, 3.05) is 6.61 Å². The van der Waals surface area contributed by atoms with Crippen LogP contribution in [0.1, 0.15) is 19.8 Å². The average Bonchev–Trinajstić information content (AvgIpc) is 1.87. The number of ether oxygens (including phenoxy) is 1. The standard InChI is InChI=1S/C6H13F2NO/c1-2-5(9)3-4-10-6(7)8/h5-6H,2-4,9H2,1H3/t5-/m1/s1. The Labute approximate surface area is 59.3 Å². The van der Waals surface area contributed by atoms with Gasteiger partial charge in [-0.3, -0.25) is 0 Å². The van der Waals surface area contributed by atoms with Gasteiger partial charge in [-0.25, -0.2) is 0 Å². The molecular formula is C6H13F2NO. The summed E-state index contributed by atoms with van der Waals surface area (Å²) in [4.78, 5) is 0. The van der Waals surface area contributed by atoms with Gasteiger partial charge < -0.3 is 10.5 Å². The zero-order valence-electron chi connectivity index (χ0n) is 6.02. The van der Waals surface area contributed by atoms with Gasteiger partial charge in [0.2, 0.25) is 0 Å². The lowest BCUT2D eigenvalue weighted by molar-refractivity contribution is -0.129. The van der Waals surface area contributed by atoms with Crippen LogP contribution in [0.4, 0.5) is 8.78 Å². The van der Waals surface area contributed by atoms with Gasteiger partial charge in [-0.05, 0) is 12.8 Å². The Kier molecular flexibility index (Phi) is 5.43. The molecule has 0 amide bonds. The van der Waals surface area contributed by atoms with E-state index in [9.17, 15) is 8.78 Å². The highest BCUT2D eigenvalue weighted by Gasteiger charge is 2.03. The lowest BCUT2D eigenvalue weighted by atomic mass is 10.2. The molecule has 0 aliphatic heterocycles. The van der Waals surface area contributed by atoms with Crippen molar-refractivity contribution >= 4 is 0 Å². The molecule has 2 nitrogen and oxygen atoms in total. The smallest absolute Gasteiger partial charge is 0.328 e. The molecule has 0 heterocycles. The molecule has 1 atom stereocenters.